The quantitative estimate of drug-likeness (QED) is 0.347. The molecule has 0 N–H and O–H groups in total. The molecule has 2 aliphatic heterocycles. The highest BCUT2D eigenvalue weighted by Crippen LogP contribution is 2.49. The largest absolute Gasteiger partial charge is 0.321 e. The van der Waals surface area contributed by atoms with Crippen molar-refractivity contribution in [3.8, 4) is 0 Å². The molecule has 1 saturated carbocycles. The molecule has 3 heterocycles. The zero-order chi connectivity index (χ0) is 24.9. The second-order valence-electron chi connectivity index (χ2n) is 12.0. The maximum absolute atomic E-state index is 4.33. The molecule has 1 saturated heterocycles. The van der Waals surface area contributed by atoms with Crippen LogP contribution in [-0.4, -0.2) is 32.8 Å². The molecule has 1 atom stereocenters. The van der Waals surface area contributed by atoms with Crippen molar-refractivity contribution in [3.63, 3.8) is 0 Å². The molecule has 1 aromatic heterocycles. The molecule has 6 rings (SSSR count). The second kappa shape index (κ2) is 9.53. The van der Waals surface area contributed by atoms with E-state index < -0.39 is 0 Å². The number of aryl methyl sites for hydroxylation is 1. The fraction of sp³-hybridized carbons (Fsp3) is 0.533. The Morgan fingerprint density at radius 2 is 1.97 bits per heavy atom. The molecular weight excluding hydrogens is 462 g/mol. The van der Waals surface area contributed by atoms with Crippen molar-refractivity contribution in [2.24, 2.45) is 13.0 Å². The summed E-state index contributed by atoms with van der Waals surface area (Å²) in [5.74, 6) is 2.63. The molecule has 0 amide bonds. The maximum atomic E-state index is 4.33. The Kier molecular flexibility index (Phi) is 6.37. The van der Waals surface area contributed by atoms with Gasteiger partial charge >= 0.3 is 0 Å². The van der Waals surface area contributed by atoms with Crippen LogP contribution in [0.15, 0.2) is 47.6 Å². The minimum Gasteiger partial charge on any atom is -0.321 e. The molecule has 3 aromatic rings. The Bertz CT molecular complexity index is 1240. The molecule has 190 valence electrons. The molecule has 6 heteroatoms. The Morgan fingerprint density at radius 1 is 1.11 bits per heavy atom. The van der Waals surface area contributed by atoms with Gasteiger partial charge in [0.2, 0.25) is 0 Å². The van der Waals surface area contributed by atoms with Gasteiger partial charge in [-0.05, 0) is 102 Å². The fourth-order valence-corrected chi connectivity index (χ4v) is 7.15. The zero-order valence-corrected chi connectivity index (χ0v) is 23.0. The third-order valence-electron chi connectivity index (χ3n) is 8.30. The number of nitrogens with zero attached hydrogens (tertiary/aromatic N) is 5. The topological polar surface area (TPSA) is 37.2 Å². The number of hydrogen-bond acceptors (Lipinski definition) is 5. The number of piperidine rings is 1. The zero-order valence-electron chi connectivity index (χ0n) is 22.2. The summed E-state index contributed by atoms with van der Waals surface area (Å²) in [6.45, 7) is 11.6. The smallest absolute Gasteiger partial charge is 0.133 e. The van der Waals surface area contributed by atoms with Crippen molar-refractivity contribution >= 4 is 17.6 Å². The standard InChI is InChI=1S/C30H39N5S/c1-21-7-6-12-34(17-21)18-22-13-26(23-10-11-23)27-19-35(36-28(27)14-22)25-9-5-8-24(15-25)30(2,3)16-29-32-31-20-33(29)4/h5,8-9,13-15,20-21,23H,6-7,10-12,16-19H2,1-4H3. The summed E-state index contributed by atoms with van der Waals surface area (Å²) in [5, 5.41) is 8.41. The number of likely N-dealkylation sites (tertiary alicyclic amines) is 1. The Labute approximate surface area is 220 Å². The van der Waals surface area contributed by atoms with E-state index in [0.717, 1.165) is 37.2 Å². The van der Waals surface area contributed by atoms with Crippen LogP contribution in [0.25, 0.3) is 0 Å². The van der Waals surface area contributed by atoms with Gasteiger partial charge in [-0.3, -0.25) is 4.90 Å². The van der Waals surface area contributed by atoms with Crippen LogP contribution in [-0.2, 0) is 32.0 Å². The highest BCUT2D eigenvalue weighted by molar-refractivity contribution is 8.01. The van der Waals surface area contributed by atoms with Gasteiger partial charge in [-0.1, -0.05) is 39.0 Å². The molecule has 0 bridgehead atoms. The first-order chi connectivity index (χ1) is 17.4. The van der Waals surface area contributed by atoms with Gasteiger partial charge in [0.25, 0.3) is 0 Å². The van der Waals surface area contributed by atoms with Crippen LogP contribution in [0.3, 0.4) is 0 Å². The second-order valence-corrected chi connectivity index (χ2v) is 13.1. The van der Waals surface area contributed by atoms with E-state index in [0.29, 0.717) is 0 Å². The van der Waals surface area contributed by atoms with Crippen LogP contribution >= 0.6 is 11.9 Å². The summed E-state index contributed by atoms with van der Waals surface area (Å²) in [5.41, 5.74) is 7.34. The minimum absolute atomic E-state index is 0.0219. The minimum atomic E-state index is -0.0219. The van der Waals surface area contributed by atoms with E-state index in [1.165, 1.54) is 60.5 Å². The monoisotopic (exact) mass is 501 g/mol. The third kappa shape index (κ3) is 4.95. The average molecular weight is 502 g/mol. The van der Waals surface area contributed by atoms with E-state index >= 15 is 0 Å². The number of hydrogen-bond donors (Lipinski definition) is 0. The number of anilines is 1. The van der Waals surface area contributed by atoms with Crippen molar-refractivity contribution in [3.05, 3.63) is 70.8 Å². The van der Waals surface area contributed by atoms with E-state index in [2.05, 4.69) is 76.6 Å². The molecule has 2 fully saturated rings. The third-order valence-corrected chi connectivity index (χ3v) is 9.42. The lowest BCUT2D eigenvalue weighted by atomic mass is 9.81. The summed E-state index contributed by atoms with van der Waals surface area (Å²) in [6.07, 6.45) is 8.09. The summed E-state index contributed by atoms with van der Waals surface area (Å²) in [6, 6.07) is 14.2. The molecule has 1 unspecified atom stereocenters. The van der Waals surface area contributed by atoms with Crippen LogP contribution in [0.1, 0.15) is 80.5 Å². The van der Waals surface area contributed by atoms with E-state index in [1.807, 2.05) is 23.6 Å². The van der Waals surface area contributed by atoms with Crippen LogP contribution in [0.5, 0.6) is 0 Å². The normalized spacial score (nSPS) is 20.7. The summed E-state index contributed by atoms with van der Waals surface area (Å²) < 4.78 is 4.53. The van der Waals surface area contributed by atoms with Gasteiger partial charge in [-0.2, -0.15) is 0 Å². The van der Waals surface area contributed by atoms with E-state index in [1.54, 1.807) is 17.5 Å². The van der Waals surface area contributed by atoms with Crippen LogP contribution in [0.2, 0.25) is 0 Å². The molecule has 1 aliphatic carbocycles. The van der Waals surface area contributed by atoms with Gasteiger partial charge in [-0.15, -0.1) is 10.2 Å². The van der Waals surface area contributed by atoms with Gasteiger partial charge in [-0.25, -0.2) is 0 Å². The number of fused-ring (bicyclic) bond motifs is 1. The lowest BCUT2D eigenvalue weighted by Crippen LogP contribution is -2.33. The number of rotatable bonds is 7. The van der Waals surface area contributed by atoms with E-state index in [4.69, 9.17) is 0 Å². The van der Waals surface area contributed by atoms with Crippen LogP contribution < -0.4 is 4.31 Å². The Hall–Kier alpha value is -2.31. The molecule has 36 heavy (non-hydrogen) atoms. The van der Waals surface area contributed by atoms with Crippen molar-refractivity contribution in [1.29, 1.82) is 0 Å². The van der Waals surface area contributed by atoms with E-state index in [-0.39, 0.29) is 5.41 Å². The summed E-state index contributed by atoms with van der Waals surface area (Å²) >= 11 is 1.94. The lowest BCUT2D eigenvalue weighted by Gasteiger charge is -2.31. The highest BCUT2D eigenvalue weighted by Gasteiger charge is 2.33. The van der Waals surface area contributed by atoms with Gasteiger partial charge in [0.1, 0.15) is 12.2 Å². The first-order valence-corrected chi connectivity index (χ1v) is 14.4. The van der Waals surface area contributed by atoms with Gasteiger partial charge in [0.15, 0.2) is 0 Å². The van der Waals surface area contributed by atoms with Crippen molar-refractivity contribution in [1.82, 2.24) is 19.7 Å². The first-order valence-electron chi connectivity index (χ1n) is 13.6. The Balaban J connectivity index is 1.23. The predicted molar refractivity (Wildman–Crippen MR) is 148 cm³/mol. The predicted octanol–water partition coefficient (Wildman–Crippen LogP) is 6.47. The molecule has 3 aliphatic rings. The number of aromatic nitrogens is 3. The molecule has 5 nitrogen and oxygen atoms in total. The van der Waals surface area contributed by atoms with Gasteiger partial charge in [0, 0.05) is 37.1 Å². The average Bonchev–Trinajstić information content (AvgIpc) is 3.49. The molecule has 0 spiro atoms. The van der Waals surface area contributed by atoms with Gasteiger partial charge in [0.05, 0.1) is 6.54 Å². The SMILES string of the molecule is CC1CCCN(Cc2cc3c(c(C4CC4)c2)CN(c2cccc(C(C)(C)Cc4nncn4C)c2)S3)C1. The highest BCUT2D eigenvalue weighted by atomic mass is 32.2. The van der Waals surface area contributed by atoms with Crippen molar-refractivity contribution in [2.45, 2.75) is 82.2 Å². The maximum Gasteiger partial charge on any atom is 0.133 e. The molecular formula is C30H39N5S. The Morgan fingerprint density at radius 3 is 2.72 bits per heavy atom. The first kappa shape index (κ1) is 24.1. The van der Waals surface area contributed by atoms with E-state index in [9.17, 15) is 0 Å². The molecule has 2 aromatic carbocycles. The molecule has 0 radical (unpaired) electrons. The summed E-state index contributed by atoms with van der Waals surface area (Å²) in [7, 11) is 2.03. The fourth-order valence-electron chi connectivity index (χ4n) is 6.00. The van der Waals surface area contributed by atoms with Crippen LogP contribution in [0, 0.1) is 5.92 Å². The number of benzene rings is 2. The summed E-state index contributed by atoms with van der Waals surface area (Å²) in [4.78, 5) is 4.15. The van der Waals surface area contributed by atoms with Crippen LogP contribution in [0.4, 0.5) is 5.69 Å². The van der Waals surface area contributed by atoms with Crippen molar-refractivity contribution < 1.29 is 0 Å². The van der Waals surface area contributed by atoms with Gasteiger partial charge < -0.3 is 8.87 Å². The lowest BCUT2D eigenvalue weighted by molar-refractivity contribution is 0.176. The van der Waals surface area contributed by atoms with Crippen molar-refractivity contribution in [2.75, 3.05) is 17.4 Å².